The van der Waals surface area contributed by atoms with Crippen molar-refractivity contribution < 1.29 is 0 Å². The molecule has 2 aliphatic carbocycles. The van der Waals surface area contributed by atoms with Gasteiger partial charge in [0.25, 0.3) is 0 Å². The van der Waals surface area contributed by atoms with Crippen molar-refractivity contribution in [3.63, 3.8) is 0 Å². The van der Waals surface area contributed by atoms with Crippen LogP contribution in [0.15, 0.2) is 42.5 Å². The van der Waals surface area contributed by atoms with Crippen molar-refractivity contribution in [1.82, 2.24) is 0 Å². The van der Waals surface area contributed by atoms with E-state index < -0.39 is 0 Å². The Morgan fingerprint density at radius 2 is 1.90 bits per heavy atom. The Kier molecular flexibility index (Phi) is 3.70. The van der Waals surface area contributed by atoms with Gasteiger partial charge in [-0.3, -0.25) is 0 Å². The molecule has 1 aromatic carbocycles. The molecule has 0 saturated heterocycles. The van der Waals surface area contributed by atoms with Gasteiger partial charge in [-0.2, -0.15) is 0 Å². The molecule has 4 atom stereocenters. The highest BCUT2D eigenvalue weighted by Crippen LogP contribution is 2.48. The van der Waals surface area contributed by atoms with E-state index in [1.54, 1.807) is 0 Å². The molecule has 2 N–H and O–H groups in total. The summed E-state index contributed by atoms with van der Waals surface area (Å²) >= 11 is 12.3. The standard InChI is InChI=1S/C17H19Cl2N/c1-17(11-6-7-14(18)15(19)10-11)9-8-16(20)12-4-2-3-5-13(12)17/h2-7,10,12-13,16H,8-9,20H2,1H3/t12?,13?,16-,17+/m1/s1. The zero-order chi connectivity index (χ0) is 14.3. The SMILES string of the molecule is C[C@@]1(c2ccc(Cl)c(Cl)c2)CC[C@@H](N)C2C=CC=CC21. The van der Waals surface area contributed by atoms with Gasteiger partial charge in [-0.25, -0.2) is 0 Å². The number of halogens is 2. The zero-order valence-electron chi connectivity index (χ0n) is 11.5. The first-order valence-electron chi connectivity index (χ1n) is 7.08. The first-order valence-corrected chi connectivity index (χ1v) is 7.84. The molecule has 20 heavy (non-hydrogen) atoms. The molecule has 1 saturated carbocycles. The average molecular weight is 308 g/mol. The average Bonchev–Trinajstić information content (AvgIpc) is 2.46. The van der Waals surface area contributed by atoms with Gasteiger partial charge < -0.3 is 5.73 Å². The molecule has 0 bridgehead atoms. The third kappa shape index (κ3) is 2.22. The molecule has 0 spiro atoms. The Morgan fingerprint density at radius 1 is 1.15 bits per heavy atom. The van der Waals surface area contributed by atoms with Gasteiger partial charge >= 0.3 is 0 Å². The Balaban J connectivity index is 2.03. The van der Waals surface area contributed by atoms with Gasteiger partial charge in [0.15, 0.2) is 0 Å². The van der Waals surface area contributed by atoms with Crippen LogP contribution in [0.1, 0.15) is 25.3 Å². The number of hydrogen-bond acceptors (Lipinski definition) is 1. The van der Waals surface area contributed by atoms with Gasteiger partial charge in [-0.1, -0.05) is 60.5 Å². The lowest BCUT2D eigenvalue weighted by Gasteiger charge is -2.48. The first kappa shape index (κ1) is 14.2. The topological polar surface area (TPSA) is 26.0 Å². The normalized spacial score (nSPS) is 35.9. The summed E-state index contributed by atoms with van der Waals surface area (Å²) in [5.41, 5.74) is 7.63. The van der Waals surface area contributed by atoms with E-state index in [0.29, 0.717) is 21.9 Å². The second-order valence-electron chi connectivity index (χ2n) is 6.12. The van der Waals surface area contributed by atoms with E-state index in [1.807, 2.05) is 12.1 Å². The van der Waals surface area contributed by atoms with E-state index in [-0.39, 0.29) is 11.5 Å². The van der Waals surface area contributed by atoms with Gasteiger partial charge in [0.1, 0.15) is 0 Å². The fourth-order valence-electron chi connectivity index (χ4n) is 3.68. The number of benzene rings is 1. The number of hydrogen-bond donors (Lipinski definition) is 1. The highest BCUT2D eigenvalue weighted by molar-refractivity contribution is 6.42. The maximum atomic E-state index is 6.31. The van der Waals surface area contributed by atoms with Crippen LogP contribution in [0.25, 0.3) is 0 Å². The molecule has 0 aliphatic heterocycles. The Bertz CT molecular complexity index is 578. The van der Waals surface area contributed by atoms with Gasteiger partial charge in [0.05, 0.1) is 10.0 Å². The van der Waals surface area contributed by atoms with Crippen LogP contribution in [-0.4, -0.2) is 6.04 Å². The number of rotatable bonds is 1. The van der Waals surface area contributed by atoms with E-state index >= 15 is 0 Å². The Morgan fingerprint density at radius 3 is 2.65 bits per heavy atom. The lowest BCUT2D eigenvalue weighted by molar-refractivity contribution is 0.173. The van der Waals surface area contributed by atoms with Crippen LogP contribution in [-0.2, 0) is 5.41 Å². The number of nitrogens with two attached hydrogens (primary N) is 1. The molecule has 3 heteroatoms. The third-order valence-corrected chi connectivity index (χ3v) is 5.72. The van der Waals surface area contributed by atoms with Crippen LogP contribution in [0.2, 0.25) is 10.0 Å². The van der Waals surface area contributed by atoms with Crippen LogP contribution in [0, 0.1) is 11.8 Å². The van der Waals surface area contributed by atoms with Crippen molar-refractivity contribution in [1.29, 1.82) is 0 Å². The van der Waals surface area contributed by atoms with E-state index in [9.17, 15) is 0 Å². The molecule has 2 aliphatic rings. The van der Waals surface area contributed by atoms with E-state index in [2.05, 4.69) is 37.3 Å². The second kappa shape index (κ2) is 5.22. The van der Waals surface area contributed by atoms with Gasteiger partial charge in [0, 0.05) is 6.04 Å². The Hall–Kier alpha value is -0.760. The van der Waals surface area contributed by atoms with Crippen LogP contribution in [0.5, 0.6) is 0 Å². The van der Waals surface area contributed by atoms with Crippen LogP contribution >= 0.6 is 23.2 Å². The van der Waals surface area contributed by atoms with E-state index in [1.165, 1.54) is 5.56 Å². The van der Waals surface area contributed by atoms with Crippen molar-refractivity contribution in [2.45, 2.75) is 31.2 Å². The van der Waals surface area contributed by atoms with Crippen molar-refractivity contribution in [2.24, 2.45) is 17.6 Å². The summed E-state index contributed by atoms with van der Waals surface area (Å²) < 4.78 is 0. The summed E-state index contributed by atoms with van der Waals surface area (Å²) in [6.07, 6.45) is 10.9. The van der Waals surface area contributed by atoms with E-state index in [4.69, 9.17) is 28.9 Å². The number of fused-ring (bicyclic) bond motifs is 1. The summed E-state index contributed by atoms with van der Waals surface area (Å²) in [5.74, 6) is 0.835. The highest BCUT2D eigenvalue weighted by Gasteiger charge is 2.44. The fraction of sp³-hybridized carbons (Fsp3) is 0.412. The lowest BCUT2D eigenvalue weighted by atomic mass is 9.57. The van der Waals surface area contributed by atoms with E-state index in [0.717, 1.165) is 12.8 Å². The quantitative estimate of drug-likeness (QED) is 0.797. The molecule has 1 aromatic rings. The molecule has 0 aromatic heterocycles. The largest absolute Gasteiger partial charge is 0.327 e. The third-order valence-electron chi connectivity index (χ3n) is 4.98. The summed E-state index contributed by atoms with van der Waals surface area (Å²) in [6.45, 7) is 2.32. The zero-order valence-corrected chi connectivity index (χ0v) is 13.0. The fourth-order valence-corrected chi connectivity index (χ4v) is 3.98. The van der Waals surface area contributed by atoms with Crippen molar-refractivity contribution in [2.75, 3.05) is 0 Å². The lowest BCUT2D eigenvalue weighted by Crippen LogP contribution is -2.48. The maximum absolute atomic E-state index is 6.31. The Labute approximate surface area is 130 Å². The first-order chi connectivity index (χ1) is 9.52. The minimum atomic E-state index is 0.0655. The highest BCUT2D eigenvalue weighted by atomic mass is 35.5. The second-order valence-corrected chi connectivity index (χ2v) is 6.94. The van der Waals surface area contributed by atoms with Crippen molar-refractivity contribution in [3.8, 4) is 0 Å². The maximum Gasteiger partial charge on any atom is 0.0595 e. The summed E-state index contributed by atoms with van der Waals surface area (Å²) in [7, 11) is 0. The summed E-state index contributed by atoms with van der Waals surface area (Å²) in [6, 6.07) is 6.27. The van der Waals surface area contributed by atoms with Gasteiger partial charge in [0.2, 0.25) is 0 Å². The summed E-state index contributed by atoms with van der Waals surface area (Å²) in [5, 5.41) is 1.24. The monoisotopic (exact) mass is 307 g/mol. The van der Waals surface area contributed by atoms with Crippen LogP contribution in [0.4, 0.5) is 0 Å². The molecule has 1 nitrogen and oxygen atoms in total. The minimum absolute atomic E-state index is 0.0655. The molecule has 1 fully saturated rings. The molecule has 106 valence electrons. The van der Waals surface area contributed by atoms with Gasteiger partial charge in [-0.05, 0) is 47.8 Å². The smallest absolute Gasteiger partial charge is 0.0595 e. The minimum Gasteiger partial charge on any atom is -0.327 e. The van der Waals surface area contributed by atoms with Crippen molar-refractivity contribution >= 4 is 23.2 Å². The molecule has 3 rings (SSSR count). The summed E-state index contributed by atoms with van der Waals surface area (Å²) in [4.78, 5) is 0. The van der Waals surface area contributed by atoms with Crippen LogP contribution < -0.4 is 5.73 Å². The van der Waals surface area contributed by atoms with Gasteiger partial charge in [-0.15, -0.1) is 0 Å². The predicted molar refractivity (Wildman–Crippen MR) is 86.3 cm³/mol. The van der Waals surface area contributed by atoms with Crippen molar-refractivity contribution in [3.05, 3.63) is 58.1 Å². The molecular formula is C17H19Cl2N. The molecule has 0 radical (unpaired) electrons. The van der Waals surface area contributed by atoms with Crippen LogP contribution in [0.3, 0.4) is 0 Å². The molecular weight excluding hydrogens is 289 g/mol. The predicted octanol–water partition coefficient (Wildman–Crippen LogP) is 4.73. The molecule has 0 heterocycles. The number of allylic oxidation sites excluding steroid dienone is 3. The molecule has 0 amide bonds. The molecule has 2 unspecified atom stereocenters.